The first-order valence-electron chi connectivity index (χ1n) is 6.61. The summed E-state index contributed by atoms with van der Waals surface area (Å²) in [5.41, 5.74) is 5.45. The lowest BCUT2D eigenvalue weighted by molar-refractivity contribution is -0.136. The zero-order valence-electron chi connectivity index (χ0n) is 10.0. The summed E-state index contributed by atoms with van der Waals surface area (Å²) in [5.74, 6) is 0.00961. The van der Waals surface area contributed by atoms with Gasteiger partial charge in [0.25, 0.3) is 0 Å². The Morgan fingerprint density at radius 3 is 2.76 bits per heavy atom. The second kappa shape index (κ2) is 4.17. The fraction of sp³-hybridized carbons (Fsp3) is 0.533. The highest BCUT2D eigenvalue weighted by Gasteiger charge is 2.27. The standard InChI is InChI=1S/C15H18O2/c16-14(17)9-12-8-7-11-4-1-3-10-5-2-6-13(12)15(10)11/h7-8,10H,1-6,9H2,(H,16,17). The molecule has 2 heteroatoms. The highest BCUT2D eigenvalue weighted by Crippen LogP contribution is 2.42. The van der Waals surface area contributed by atoms with Gasteiger partial charge in [-0.1, -0.05) is 12.1 Å². The molecule has 1 unspecified atom stereocenters. The fourth-order valence-electron chi connectivity index (χ4n) is 3.61. The van der Waals surface area contributed by atoms with E-state index in [1.54, 1.807) is 0 Å². The first-order valence-corrected chi connectivity index (χ1v) is 6.61. The molecule has 0 fully saturated rings. The topological polar surface area (TPSA) is 37.3 Å². The minimum absolute atomic E-state index is 0.190. The number of carboxylic acid groups (broad SMARTS) is 1. The van der Waals surface area contributed by atoms with Crippen LogP contribution in [0.1, 0.15) is 53.9 Å². The molecular formula is C15H18O2. The first kappa shape index (κ1) is 10.8. The molecule has 0 saturated carbocycles. The smallest absolute Gasteiger partial charge is 0.307 e. The number of hydrogen-bond acceptors (Lipinski definition) is 1. The zero-order valence-corrected chi connectivity index (χ0v) is 10.0. The second-order valence-corrected chi connectivity index (χ2v) is 5.33. The predicted octanol–water partition coefficient (Wildman–Crippen LogP) is 3.07. The highest BCUT2D eigenvalue weighted by atomic mass is 16.4. The van der Waals surface area contributed by atoms with Crippen molar-refractivity contribution in [3.63, 3.8) is 0 Å². The molecular weight excluding hydrogens is 212 g/mol. The average molecular weight is 230 g/mol. The van der Waals surface area contributed by atoms with E-state index < -0.39 is 5.97 Å². The molecule has 17 heavy (non-hydrogen) atoms. The third kappa shape index (κ3) is 1.86. The number of carbonyl (C=O) groups is 1. The molecule has 1 N–H and O–H groups in total. The number of carboxylic acids is 1. The molecule has 0 amide bonds. The molecule has 1 aromatic rings. The van der Waals surface area contributed by atoms with Gasteiger partial charge in [-0.05, 0) is 66.7 Å². The van der Waals surface area contributed by atoms with E-state index in [0.29, 0.717) is 0 Å². The van der Waals surface area contributed by atoms with Gasteiger partial charge in [-0.3, -0.25) is 4.79 Å². The summed E-state index contributed by atoms with van der Waals surface area (Å²) in [6, 6.07) is 4.23. The Bertz CT molecular complexity index is 460. The Hall–Kier alpha value is -1.31. The van der Waals surface area contributed by atoms with E-state index in [1.165, 1.54) is 48.8 Å². The monoisotopic (exact) mass is 230 g/mol. The van der Waals surface area contributed by atoms with Crippen LogP contribution in [0.5, 0.6) is 0 Å². The summed E-state index contributed by atoms with van der Waals surface area (Å²) in [4.78, 5) is 10.9. The number of aryl methyl sites for hydroxylation is 1. The molecule has 0 saturated heterocycles. The molecule has 2 aliphatic rings. The summed E-state index contributed by atoms with van der Waals surface area (Å²) >= 11 is 0. The van der Waals surface area contributed by atoms with E-state index in [-0.39, 0.29) is 6.42 Å². The highest BCUT2D eigenvalue weighted by molar-refractivity contribution is 5.71. The summed E-state index contributed by atoms with van der Waals surface area (Å²) < 4.78 is 0. The zero-order chi connectivity index (χ0) is 11.8. The Kier molecular flexibility index (Phi) is 2.65. The normalized spacial score (nSPS) is 22.0. The largest absolute Gasteiger partial charge is 0.481 e. The van der Waals surface area contributed by atoms with Gasteiger partial charge in [0.15, 0.2) is 0 Å². The maximum absolute atomic E-state index is 10.9. The second-order valence-electron chi connectivity index (χ2n) is 5.33. The van der Waals surface area contributed by atoms with Crippen LogP contribution < -0.4 is 0 Å². The van der Waals surface area contributed by atoms with Gasteiger partial charge >= 0.3 is 5.97 Å². The lowest BCUT2D eigenvalue weighted by atomic mass is 9.72. The van der Waals surface area contributed by atoms with Gasteiger partial charge in [-0.25, -0.2) is 0 Å². The van der Waals surface area contributed by atoms with Gasteiger partial charge < -0.3 is 5.11 Å². The van der Waals surface area contributed by atoms with Crippen molar-refractivity contribution < 1.29 is 9.90 Å². The summed E-state index contributed by atoms with van der Waals surface area (Å²) in [7, 11) is 0. The first-order chi connectivity index (χ1) is 8.25. The van der Waals surface area contributed by atoms with E-state index in [9.17, 15) is 4.79 Å². The fourth-order valence-corrected chi connectivity index (χ4v) is 3.61. The molecule has 0 bridgehead atoms. The Morgan fingerprint density at radius 1 is 1.24 bits per heavy atom. The van der Waals surface area contributed by atoms with Crippen molar-refractivity contribution in [1.82, 2.24) is 0 Å². The van der Waals surface area contributed by atoms with E-state index in [1.807, 2.05) is 0 Å². The van der Waals surface area contributed by atoms with Gasteiger partial charge in [0.05, 0.1) is 6.42 Å². The molecule has 0 aliphatic heterocycles. The maximum atomic E-state index is 10.9. The minimum atomic E-state index is -0.709. The van der Waals surface area contributed by atoms with Gasteiger partial charge in [-0.2, -0.15) is 0 Å². The summed E-state index contributed by atoms with van der Waals surface area (Å²) in [5, 5.41) is 8.97. The van der Waals surface area contributed by atoms with Crippen LogP contribution in [0.3, 0.4) is 0 Å². The molecule has 0 heterocycles. The molecule has 1 aromatic carbocycles. The Balaban J connectivity index is 2.09. The van der Waals surface area contributed by atoms with Crippen molar-refractivity contribution in [2.24, 2.45) is 0 Å². The molecule has 3 rings (SSSR count). The van der Waals surface area contributed by atoms with Crippen molar-refractivity contribution in [2.45, 2.75) is 50.9 Å². The van der Waals surface area contributed by atoms with Gasteiger partial charge in [0.2, 0.25) is 0 Å². The molecule has 0 radical (unpaired) electrons. The van der Waals surface area contributed by atoms with Crippen LogP contribution >= 0.6 is 0 Å². The van der Waals surface area contributed by atoms with Gasteiger partial charge in [-0.15, -0.1) is 0 Å². The molecule has 90 valence electrons. The van der Waals surface area contributed by atoms with Crippen LogP contribution in [0, 0.1) is 0 Å². The number of benzene rings is 1. The predicted molar refractivity (Wildman–Crippen MR) is 66.4 cm³/mol. The van der Waals surface area contributed by atoms with Gasteiger partial charge in [0.1, 0.15) is 0 Å². The third-order valence-electron chi connectivity index (χ3n) is 4.27. The SMILES string of the molecule is O=C(O)Cc1ccc2c3c1CCCC3CCC2. The van der Waals surface area contributed by atoms with Crippen molar-refractivity contribution in [2.75, 3.05) is 0 Å². The molecule has 2 aliphatic carbocycles. The quantitative estimate of drug-likeness (QED) is 0.847. The van der Waals surface area contributed by atoms with Crippen molar-refractivity contribution in [1.29, 1.82) is 0 Å². The van der Waals surface area contributed by atoms with Crippen LogP contribution in [0.4, 0.5) is 0 Å². The van der Waals surface area contributed by atoms with E-state index in [0.717, 1.165) is 17.9 Å². The van der Waals surface area contributed by atoms with E-state index in [2.05, 4.69) is 12.1 Å². The molecule has 0 spiro atoms. The van der Waals surface area contributed by atoms with Crippen LogP contribution in [-0.2, 0) is 24.1 Å². The molecule has 2 nitrogen and oxygen atoms in total. The lowest BCUT2D eigenvalue weighted by Crippen LogP contribution is -2.19. The van der Waals surface area contributed by atoms with Crippen molar-refractivity contribution >= 4 is 5.97 Å². The van der Waals surface area contributed by atoms with E-state index >= 15 is 0 Å². The molecule has 1 atom stereocenters. The minimum Gasteiger partial charge on any atom is -0.481 e. The number of hydrogen-bond donors (Lipinski definition) is 1. The van der Waals surface area contributed by atoms with Crippen LogP contribution in [0.2, 0.25) is 0 Å². The Morgan fingerprint density at radius 2 is 2.00 bits per heavy atom. The van der Waals surface area contributed by atoms with Crippen LogP contribution in [0.15, 0.2) is 12.1 Å². The molecule has 0 aromatic heterocycles. The van der Waals surface area contributed by atoms with Crippen molar-refractivity contribution in [3.8, 4) is 0 Å². The van der Waals surface area contributed by atoms with Gasteiger partial charge in [0, 0.05) is 0 Å². The van der Waals surface area contributed by atoms with E-state index in [4.69, 9.17) is 5.11 Å². The summed E-state index contributed by atoms with van der Waals surface area (Å²) in [6.45, 7) is 0. The Labute approximate surface area is 102 Å². The number of aliphatic carboxylic acids is 1. The van der Waals surface area contributed by atoms with Crippen LogP contribution in [0.25, 0.3) is 0 Å². The van der Waals surface area contributed by atoms with Crippen molar-refractivity contribution in [3.05, 3.63) is 34.4 Å². The van der Waals surface area contributed by atoms with Crippen LogP contribution in [-0.4, -0.2) is 11.1 Å². The summed E-state index contributed by atoms with van der Waals surface area (Å²) in [6.07, 6.45) is 7.60. The third-order valence-corrected chi connectivity index (χ3v) is 4.27. The maximum Gasteiger partial charge on any atom is 0.307 e. The average Bonchev–Trinajstić information content (AvgIpc) is 2.33. The lowest BCUT2D eigenvalue weighted by Gasteiger charge is -2.33. The number of rotatable bonds is 2.